The van der Waals surface area contributed by atoms with Crippen LogP contribution in [0, 0.1) is 6.92 Å². The lowest BCUT2D eigenvalue weighted by atomic mass is 10.2. The summed E-state index contributed by atoms with van der Waals surface area (Å²) in [6.07, 6.45) is 1.64. The summed E-state index contributed by atoms with van der Waals surface area (Å²) in [6.45, 7) is 2.09. The monoisotopic (exact) mass is 310 g/mol. The molecule has 1 aromatic heterocycles. The van der Waals surface area contributed by atoms with Crippen molar-refractivity contribution < 1.29 is 0 Å². The third-order valence-corrected chi connectivity index (χ3v) is 4.62. The molecular formula is C18H18N2OS. The average Bonchev–Trinajstić information content (AvgIpc) is 2.53. The lowest BCUT2D eigenvalue weighted by molar-refractivity contribution is 0.875. The summed E-state index contributed by atoms with van der Waals surface area (Å²) < 4.78 is 0. The van der Waals surface area contributed by atoms with Gasteiger partial charge in [-0.25, -0.2) is 4.98 Å². The van der Waals surface area contributed by atoms with Crippen LogP contribution in [0.3, 0.4) is 0 Å². The molecule has 0 spiro atoms. The Morgan fingerprint density at radius 3 is 2.68 bits per heavy atom. The maximum Gasteiger partial charge on any atom is 0.270 e. The second kappa shape index (κ2) is 6.79. The standard InChI is InChI=1S/C18H18N2OS/c1-13-8-10-14(11-9-13)22-12-4-7-17-18(21)20-16-6-3-2-5-15(16)19-17/h2-3,5-6,8-11H,4,7,12H2,1H3,(H,20,21). The van der Waals surface area contributed by atoms with Crippen LogP contribution in [0.15, 0.2) is 58.2 Å². The van der Waals surface area contributed by atoms with Crippen LogP contribution in [0.5, 0.6) is 0 Å². The highest BCUT2D eigenvalue weighted by atomic mass is 32.2. The molecule has 22 heavy (non-hydrogen) atoms. The predicted octanol–water partition coefficient (Wildman–Crippen LogP) is 3.96. The van der Waals surface area contributed by atoms with Gasteiger partial charge in [0, 0.05) is 4.90 Å². The van der Waals surface area contributed by atoms with Gasteiger partial charge >= 0.3 is 0 Å². The molecule has 0 unspecified atom stereocenters. The first kappa shape index (κ1) is 14.9. The van der Waals surface area contributed by atoms with Gasteiger partial charge in [0.05, 0.1) is 11.0 Å². The van der Waals surface area contributed by atoms with E-state index in [1.165, 1.54) is 10.5 Å². The van der Waals surface area contributed by atoms with Crippen LogP contribution < -0.4 is 5.56 Å². The Bertz CT molecular complexity index is 824. The highest BCUT2D eigenvalue weighted by molar-refractivity contribution is 7.99. The van der Waals surface area contributed by atoms with Crippen molar-refractivity contribution in [2.24, 2.45) is 0 Å². The van der Waals surface area contributed by atoms with E-state index < -0.39 is 0 Å². The minimum atomic E-state index is -0.0703. The Kier molecular flexibility index (Phi) is 4.59. The molecule has 4 heteroatoms. The normalized spacial score (nSPS) is 11.0. The van der Waals surface area contributed by atoms with Crippen molar-refractivity contribution in [2.45, 2.75) is 24.7 Å². The maximum absolute atomic E-state index is 12.0. The summed E-state index contributed by atoms with van der Waals surface area (Å²) in [6, 6.07) is 16.2. The van der Waals surface area contributed by atoms with Gasteiger partial charge in [-0.1, -0.05) is 29.8 Å². The number of para-hydroxylation sites is 2. The van der Waals surface area contributed by atoms with Crippen LogP contribution in [0.4, 0.5) is 0 Å². The van der Waals surface area contributed by atoms with E-state index in [0.717, 1.165) is 23.2 Å². The first-order chi connectivity index (χ1) is 10.7. The van der Waals surface area contributed by atoms with Gasteiger partial charge in [-0.05, 0) is 49.8 Å². The van der Waals surface area contributed by atoms with Gasteiger partial charge in [-0.2, -0.15) is 0 Å². The van der Waals surface area contributed by atoms with Crippen molar-refractivity contribution in [2.75, 3.05) is 5.75 Å². The molecule has 3 aromatic rings. The largest absolute Gasteiger partial charge is 0.319 e. The second-order valence-corrected chi connectivity index (χ2v) is 6.46. The van der Waals surface area contributed by atoms with Crippen molar-refractivity contribution in [1.82, 2.24) is 9.97 Å². The van der Waals surface area contributed by atoms with Crippen LogP contribution in [0.25, 0.3) is 11.0 Å². The molecule has 0 aliphatic carbocycles. The molecule has 3 rings (SSSR count). The molecule has 0 atom stereocenters. The summed E-state index contributed by atoms with van der Waals surface area (Å²) in [4.78, 5) is 20.7. The molecule has 3 nitrogen and oxygen atoms in total. The van der Waals surface area contributed by atoms with Crippen molar-refractivity contribution in [3.05, 3.63) is 70.1 Å². The minimum Gasteiger partial charge on any atom is -0.319 e. The topological polar surface area (TPSA) is 45.8 Å². The number of fused-ring (bicyclic) bond motifs is 1. The molecule has 0 bridgehead atoms. The molecule has 0 saturated heterocycles. The number of aryl methyl sites for hydroxylation is 2. The van der Waals surface area contributed by atoms with Crippen molar-refractivity contribution >= 4 is 22.8 Å². The Morgan fingerprint density at radius 1 is 1.09 bits per heavy atom. The van der Waals surface area contributed by atoms with Gasteiger partial charge in [0.1, 0.15) is 5.69 Å². The molecule has 0 radical (unpaired) electrons. The quantitative estimate of drug-likeness (QED) is 0.573. The van der Waals surface area contributed by atoms with E-state index in [9.17, 15) is 4.79 Å². The van der Waals surface area contributed by atoms with Crippen molar-refractivity contribution in [3.8, 4) is 0 Å². The predicted molar refractivity (Wildman–Crippen MR) is 92.6 cm³/mol. The van der Waals surface area contributed by atoms with Gasteiger partial charge in [0.2, 0.25) is 0 Å². The summed E-state index contributed by atoms with van der Waals surface area (Å²) >= 11 is 1.82. The number of nitrogens with one attached hydrogen (secondary N) is 1. The van der Waals surface area contributed by atoms with Crippen molar-refractivity contribution in [3.63, 3.8) is 0 Å². The first-order valence-corrected chi connectivity index (χ1v) is 8.38. The summed E-state index contributed by atoms with van der Waals surface area (Å²) in [5.41, 5.74) is 3.48. The fourth-order valence-corrected chi connectivity index (χ4v) is 3.15. The van der Waals surface area contributed by atoms with Crippen LogP contribution in [-0.4, -0.2) is 15.7 Å². The lowest BCUT2D eigenvalue weighted by Crippen LogP contribution is -2.15. The van der Waals surface area contributed by atoms with Crippen LogP contribution >= 0.6 is 11.8 Å². The molecule has 0 fully saturated rings. The minimum absolute atomic E-state index is 0.0703. The number of aromatic amines is 1. The van der Waals surface area contributed by atoms with Gasteiger partial charge in [-0.3, -0.25) is 4.79 Å². The number of benzene rings is 2. The SMILES string of the molecule is Cc1ccc(SCCCc2nc3ccccc3[nH]c2=O)cc1. The third kappa shape index (κ3) is 3.57. The summed E-state index contributed by atoms with van der Waals surface area (Å²) in [5.74, 6) is 0.983. The maximum atomic E-state index is 12.0. The van der Waals surface area contributed by atoms with Gasteiger partial charge in [0.25, 0.3) is 5.56 Å². The Hall–Kier alpha value is -2.07. The van der Waals surface area contributed by atoms with Gasteiger partial charge < -0.3 is 4.98 Å². The highest BCUT2D eigenvalue weighted by Crippen LogP contribution is 2.19. The van der Waals surface area contributed by atoms with Gasteiger partial charge in [-0.15, -0.1) is 11.8 Å². The summed E-state index contributed by atoms with van der Waals surface area (Å²) in [5, 5.41) is 0. The number of rotatable bonds is 5. The Labute approximate surface area is 133 Å². The third-order valence-electron chi connectivity index (χ3n) is 3.52. The van der Waals surface area contributed by atoms with Crippen LogP contribution in [0.1, 0.15) is 17.7 Å². The molecule has 0 aliphatic rings. The highest BCUT2D eigenvalue weighted by Gasteiger charge is 2.04. The lowest BCUT2D eigenvalue weighted by Gasteiger charge is -2.03. The number of nitrogens with zero attached hydrogens (tertiary/aromatic N) is 1. The average molecular weight is 310 g/mol. The van der Waals surface area contributed by atoms with Crippen LogP contribution in [0.2, 0.25) is 0 Å². The van der Waals surface area contributed by atoms with E-state index in [1.807, 2.05) is 36.0 Å². The number of hydrogen-bond donors (Lipinski definition) is 1. The van der Waals surface area contributed by atoms with E-state index >= 15 is 0 Å². The zero-order valence-corrected chi connectivity index (χ0v) is 13.3. The van der Waals surface area contributed by atoms with Gasteiger partial charge in [0.15, 0.2) is 0 Å². The molecule has 112 valence electrons. The van der Waals surface area contributed by atoms with Crippen LogP contribution in [-0.2, 0) is 6.42 Å². The molecule has 0 saturated carbocycles. The van der Waals surface area contributed by atoms with Crippen molar-refractivity contribution in [1.29, 1.82) is 0 Å². The molecule has 0 amide bonds. The first-order valence-electron chi connectivity index (χ1n) is 7.40. The zero-order valence-electron chi connectivity index (χ0n) is 12.5. The smallest absolute Gasteiger partial charge is 0.270 e. The van der Waals surface area contributed by atoms with E-state index in [-0.39, 0.29) is 5.56 Å². The Morgan fingerprint density at radius 2 is 1.86 bits per heavy atom. The second-order valence-electron chi connectivity index (χ2n) is 5.29. The Balaban J connectivity index is 1.60. The number of aromatic nitrogens is 2. The molecule has 1 heterocycles. The molecule has 0 aliphatic heterocycles. The summed E-state index contributed by atoms with van der Waals surface area (Å²) in [7, 11) is 0. The molecule has 1 N–H and O–H groups in total. The van der Waals surface area contributed by atoms with E-state index in [2.05, 4.69) is 41.2 Å². The van der Waals surface area contributed by atoms with E-state index in [1.54, 1.807) is 0 Å². The molecular weight excluding hydrogens is 292 g/mol. The number of thioether (sulfide) groups is 1. The number of hydrogen-bond acceptors (Lipinski definition) is 3. The molecule has 2 aromatic carbocycles. The number of H-pyrrole nitrogens is 1. The fraction of sp³-hybridized carbons (Fsp3) is 0.222. The van der Waals surface area contributed by atoms with E-state index in [0.29, 0.717) is 12.1 Å². The fourth-order valence-electron chi connectivity index (χ4n) is 2.30. The zero-order chi connectivity index (χ0) is 15.4. The van der Waals surface area contributed by atoms with E-state index in [4.69, 9.17) is 0 Å².